The van der Waals surface area contributed by atoms with Crippen molar-refractivity contribution in [3.05, 3.63) is 0 Å². The summed E-state index contributed by atoms with van der Waals surface area (Å²) < 4.78 is 7.01. The molecule has 0 bridgehead atoms. The van der Waals surface area contributed by atoms with Gasteiger partial charge < -0.3 is 15.0 Å². The zero-order chi connectivity index (χ0) is 19.8. The van der Waals surface area contributed by atoms with Gasteiger partial charge in [-0.15, -0.1) is 0 Å². The van der Waals surface area contributed by atoms with E-state index in [2.05, 4.69) is 72.5 Å². The second-order valence-corrected chi connectivity index (χ2v) is 12.2. The summed E-state index contributed by atoms with van der Waals surface area (Å²) in [4.78, 5) is 15.8. The maximum Gasteiger partial charge on any atom is 0.257 e. The Balaban J connectivity index is 2.06. The number of ether oxygens (including phenoxy) is 1. The second-order valence-electron chi connectivity index (χ2n) is 12.2. The highest BCUT2D eigenvalue weighted by atomic mass is 16.6. The highest BCUT2D eigenvalue weighted by Crippen LogP contribution is 2.58. The first-order valence-electron chi connectivity index (χ1n) is 10.4. The van der Waals surface area contributed by atoms with Crippen LogP contribution in [0.5, 0.6) is 0 Å². The van der Waals surface area contributed by atoms with Gasteiger partial charge in [0.05, 0.1) is 0 Å². The number of carbonyl (C=O) groups excluding carboxylic acids is 1. The van der Waals surface area contributed by atoms with E-state index in [1.165, 1.54) is 6.42 Å². The molecule has 0 aromatic carbocycles. The van der Waals surface area contributed by atoms with E-state index < -0.39 is 11.3 Å². The van der Waals surface area contributed by atoms with Gasteiger partial charge in [-0.3, -0.25) is 4.79 Å². The molecule has 150 valence electrons. The molecular formula is C22H40N2O2. The Morgan fingerprint density at radius 1 is 0.846 bits per heavy atom. The van der Waals surface area contributed by atoms with Crippen LogP contribution in [0.2, 0.25) is 0 Å². The summed E-state index contributed by atoms with van der Waals surface area (Å²) in [6, 6.07) is 0. The molecule has 0 atom stereocenters. The van der Waals surface area contributed by atoms with Crippen LogP contribution < -0.4 is 5.32 Å². The minimum absolute atomic E-state index is 0.123. The summed E-state index contributed by atoms with van der Waals surface area (Å²) in [6.07, 6.45) is 4.50. The molecule has 0 radical (unpaired) electrons. The highest BCUT2D eigenvalue weighted by molar-refractivity contribution is 5.88. The zero-order valence-corrected chi connectivity index (χ0v) is 18.5. The third kappa shape index (κ3) is 3.32. The number of rotatable bonds is 1. The fourth-order valence-corrected chi connectivity index (χ4v) is 7.28. The third-order valence-corrected chi connectivity index (χ3v) is 6.43. The topological polar surface area (TPSA) is 41.6 Å². The summed E-state index contributed by atoms with van der Waals surface area (Å²) in [5.74, 6) is 0.219. The van der Waals surface area contributed by atoms with Crippen LogP contribution in [0.4, 0.5) is 0 Å². The molecule has 4 nitrogen and oxygen atoms in total. The van der Waals surface area contributed by atoms with Gasteiger partial charge in [-0.05, 0) is 51.9 Å². The van der Waals surface area contributed by atoms with Gasteiger partial charge in [0, 0.05) is 43.3 Å². The summed E-state index contributed by atoms with van der Waals surface area (Å²) in [5.41, 5.74) is -1.07. The van der Waals surface area contributed by atoms with Gasteiger partial charge in [0.1, 0.15) is 5.72 Å². The lowest BCUT2D eigenvalue weighted by Gasteiger charge is -2.54. The van der Waals surface area contributed by atoms with Gasteiger partial charge in [-0.2, -0.15) is 0 Å². The lowest BCUT2D eigenvalue weighted by atomic mass is 9.62. The van der Waals surface area contributed by atoms with Gasteiger partial charge in [0.2, 0.25) is 0 Å². The number of carbonyl (C=O) groups is 1. The van der Waals surface area contributed by atoms with Crippen LogP contribution in [0.1, 0.15) is 94.4 Å². The zero-order valence-electron chi connectivity index (χ0n) is 18.5. The molecule has 0 aromatic rings. The smallest absolute Gasteiger partial charge is 0.257 e. The summed E-state index contributed by atoms with van der Waals surface area (Å²) in [5, 5.41) is 3.71. The number of nitrogens with one attached hydrogen (secondary N) is 1. The van der Waals surface area contributed by atoms with Crippen molar-refractivity contribution < 1.29 is 9.53 Å². The molecule has 2 heterocycles. The van der Waals surface area contributed by atoms with Crippen LogP contribution in [-0.2, 0) is 9.53 Å². The summed E-state index contributed by atoms with van der Waals surface area (Å²) >= 11 is 0. The molecule has 1 aliphatic carbocycles. The van der Waals surface area contributed by atoms with Crippen LogP contribution in [0.15, 0.2) is 0 Å². The predicted octanol–water partition coefficient (Wildman–Crippen LogP) is 4.48. The molecule has 3 rings (SSSR count). The van der Waals surface area contributed by atoms with Crippen molar-refractivity contribution in [2.24, 2.45) is 10.8 Å². The highest BCUT2D eigenvalue weighted by Gasteiger charge is 2.67. The van der Waals surface area contributed by atoms with Crippen molar-refractivity contribution in [1.82, 2.24) is 10.2 Å². The first-order chi connectivity index (χ1) is 11.6. The molecule has 4 heteroatoms. The average Bonchev–Trinajstić information content (AvgIpc) is 2.47. The van der Waals surface area contributed by atoms with Gasteiger partial charge in [-0.1, -0.05) is 27.7 Å². The van der Waals surface area contributed by atoms with E-state index in [4.69, 9.17) is 4.74 Å². The lowest BCUT2D eigenvalue weighted by Crippen LogP contribution is -2.65. The number of hydrogen-bond donors (Lipinski definition) is 1. The van der Waals surface area contributed by atoms with E-state index in [0.29, 0.717) is 0 Å². The number of amides is 1. The standard InChI is InChI=1S/C22H40N2O2/c1-10-24-16(25)21(14-19(6,7)23-20(8,9)15-21)26-22(24)12-17(2,3)11-18(4,5)13-22/h23H,10-15H2,1-9H3. The molecule has 1 N–H and O–H groups in total. The largest absolute Gasteiger partial charge is 0.339 e. The molecule has 2 spiro atoms. The normalized spacial score (nSPS) is 33.0. The van der Waals surface area contributed by atoms with Gasteiger partial charge in [0.25, 0.3) is 5.91 Å². The SMILES string of the molecule is CCN1C(=O)C2(CC(C)(C)NC(C)(C)C2)OC12CC(C)(C)CC(C)(C)C2. The Bertz CT molecular complexity index is 571. The number of likely N-dealkylation sites (N-methyl/N-ethyl adjacent to an activating group) is 1. The molecule has 3 aliphatic rings. The lowest BCUT2D eigenvalue weighted by molar-refractivity contribution is -0.213. The molecule has 0 unspecified atom stereocenters. The van der Waals surface area contributed by atoms with Crippen LogP contribution in [0.3, 0.4) is 0 Å². The molecule has 3 fully saturated rings. The fraction of sp³-hybridized carbons (Fsp3) is 0.955. The molecule has 2 aliphatic heterocycles. The van der Waals surface area contributed by atoms with E-state index >= 15 is 0 Å². The molecule has 1 amide bonds. The quantitative estimate of drug-likeness (QED) is 0.746. The Morgan fingerprint density at radius 2 is 1.31 bits per heavy atom. The molecule has 26 heavy (non-hydrogen) atoms. The van der Waals surface area contributed by atoms with Gasteiger partial charge in [-0.25, -0.2) is 0 Å². The van der Waals surface area contributed by atoms with Crippen molar-refractivity contribution in [3.8, 4) is 0 Å². The molecule has 1 saturated carbocycles. The Labute approximate surface area is 160 Å². The monoisotopic (exact) mass is 364 g/mol. The van der Waals surface area contributed by atoms with Crippen molar-refractivity contribution in [2.45, 2.75) is 117 Å². The molecule has 2 saturated heterocycles. The Morgan fingerprint density at radius 3 is 1.73 bits per heavy atom. The van der Waals surface area contributed by atoms with Crippen LogP contribution >= 0.6 is 0 Å². The van der Waals surface area contributed by atoms with E-state index in [-0.39, 0.29) is 27.8 Å². The minimum atomic E-state index is -0.697. The number of piperidine rings is 1. The molecular weight excluding hydrogens is 324 g/mol. The predicted molar refractivity (Wildman–Crippen MR) is 106 cm³/mol. The van der Waals surface area contributed by atoms with E-state index in [1.807, 2.05) is 0 Å². The van der Waals surface area contributed by atoms with E-state index in [9.17, 15) is 4.79 Å². The summed E-state index contributed by atoms with van der Waals surface area (Å²) in [7, 11) is 0. The first kappa shape index (κ1) is 20.1. The van der Waals surface area contributed by atoms with E-state index in [0.717, 1.165) is 32.2 Å². The fourth-order valence-electron chi connectivity index (χ4n) is 7.28. The molecule has 0 aromatic heterocycles. The summed E-state index contributed by atoms with van der Waals surface area (Å²) in [6.45, 7) is 20.9. The van der Waals surface area contributed by atoms with Crippen molar-refractivity contribution in [1.29, 1.82) is 0 Å². The Kier molecular flexibility index (Phi) is 4.24. The third-order valence-electron chi connectivity index (χ3n) is 6.43. The van der Waals surface area contributed by atoms with Crippen LogP contribution in [0.25, 0.3) is 0 Å². The van der Waals surface area contributed by atoms with Crippen molar-refractivity contribution in [3.63, 3.8) is 0 Å². The van der Waals surface area contributed by atoms with Crippen molar-refractivity contribution in [2.75, 3.05) is 6.54 Å². The van der Waals surface area contributed by atoms with Gasteiger partial charge in [0.15, 0.2) is 5.60 Å². The Hall–Kier alpha value is -0.610. The maximum atomic E-state index is 13.8. The maximum absolute atomic E-state index is 13.8. The van der Waals surface area contributed by atoms with Crippen LogP contribution in [0, 0.1) is 10.8 Å². The van der Waals surface area contributed by atoms with Crippen LogP contribution in [-0.4, -0.2) is 39.8 Å². The van der Waals surface area contributed by atoms with Crippen molar-refractivity contribution >= 4 is 5.91 Å². The number of hydrogen-bond acceptors (Lipinski definition) is 3. The number of nitrogens with zero attached hydrogens (tertiary/aromatic N) is 1. The first-order valence-corrected chi connectivity index (χ1v) is 10.4. The minimum Gasteiger partial charge on any atom is -0.339 e. The second kappa shape index (κ2) is 5.47. The average molecular weight is 365 g/mol. The van der Waals surface area contributed by atoms with Gasteiger partial charge >= 0.3 is 0 Å². The van der Waals surface area contributed by atoms with E-state index in [1.54, 1.807) is 0 Å².